The fraction of sp³-hybridized carbons (Fsp3) is 0.125. The molecule has 4 heteroatoms. The number of rotatable bonds is 2. The lowest BCUT2D eigenvalue weighted by molar-refractivity contribution is 0.112. The molecule has 0 N–H and O–H groups in total. The first-order valence-electron chi connectivity index (χ1n) is 3.18. The Balaban J connectivity index is 3.35. The van der Waals surface area contributed by atoms with Crippen molar-refractivity contribution in [1.29, 1.82) is 0 Å². The smallest absolute Gasteiger partial charge is 0.184 e. The zero-order valence-electron chi connectivity index (χ0n) is 6.30. The molecular weight excluding hydrogens is 183 g/mol. The van der Waals surface area contributed by atoms with Gasteiger partial charge in [0.15, 0.2) is 17.9 Å². The van der Waals surface area contributed by atoms with Crippen LogP contribution in [0.5, 0.6) is 5.75 Å². The molecule has 0 heterocycles. The normalized spacial score (nSPS) is 9.58. The van der Waals surface area contributed by atoms with Crippen LogP contribution >= 0.6 is 11.6 Å². The van der Waals surface area contributed by atoms with E-state index in [9.17, 15) is 9.18 Å². The highest BCUT2D eigenvalue weighted by molar-refractivity contribution is 6.31. The summed E-state index contributed by atoms with van der Waals surface area (Å²) in [5, 5.41) is -0.0579. The molecule has 0 atom stereocenters. The summed E-state index contributed by atoms with van der Waals surface area (Å²) in [4.78, 5) is 10.4. The predicted octanol–water partition coefficient (Wildman–Crippen LogP) is 2.30. The standard InChI is InChI=1S/C8H6ClFO2/c1-12-8-5(4-11)2-3-6(9)7(8)10/h2-4H,1H3. The molecule has 0 fully saturated rings. The summed E-state index contributed by atoms with van der Waals surface area (Å²) in [6.07, 6.45) is 0.512. The first-order chi connectivity index (χ1) is 5.70. The second-order valence-corrected chi connectivity index (χ2v) is 2.51. The van der Waals surface area contributed by atoms with Gasteiger partial charge < -0.3 is 4.74 Å². The number of aldehydes is 1. The van der Waals surface area contributed by atoms with Crippen LogP contribution in [0.25, 0.3) is 0 Å². The van der Waals surface area contributed by atoms with Gasteiger partial charge in [0.05, 0.1) is 17.7 Å². The largest absolute Gasteiger partial charge is 0.493 e. The van der Waals surface area contributed by atoms with E-state index in [0.29, 0.717) is 6.29 Å². The highest BCUT2D eigenvalue weighted by Crippen LogP contribution is 2.27. The summed E-state index contributed by atoms with van der Waals surface area (Å²) in [5.74, 6) is -0.818. The minimum absolute atomic E-state index is 0.0579. The predicted molar refractivity (Wildman–Crippen MR) is 43.3 cm³/mol. The number of benzene rings is 1. The lowest BCUT2D eigenvalue weighted by atomic mass is 10.2. The van der Waals surface area contributed by atoms with Gasteiger partial charge in [-0.3, -0.25) is 4.79 Å². The molecule has 2 nitrogen and oxygen atoms in total. The monoisotopic (exact) mass is 188 g/mol. The van der Waals surface area contributed by atoms with Crippen molar-refractivity contribution in [2.24, 2.45) is 0 Å². The third kappa shape index (κ3) is 1.41. The number of hydrogen-bond acceptors (Lipinski definition) is 2. The van der Waals surface area contributed by atoms with Crippen LogP contribution in [0.15, 0.2) is 12.1 Å². The van der Waals surface area contributed by atoms with E-state index in [1.165, 1.54) is 19.2 Å². The van der Waals surface area contributed by atoms with Crippen molar-refractivity contribution in [3.05, 3.63) is 28.5 Å². The van der Waals surface area contributed by atoms with E-state index in [1.807, 2.05) is 0 Å². The maximum Gasteiger partial charge on any atom is 0.184 e. The second kappa shape index (κ2) is 3.54. The Kier molecular flexibility index (Phi) is 2.65. The second-order valence-electron chi connectivity index (χ2n) is 2.10. The Hall–Kier alpha value is -1.09. The summed E-state index contributed by atoms with van der Waals surface area (Å²) in [7, 11) is 1.28. The number of hydrogen-bond donors (Lipinski definition) is 0. The molecule has 0 saturated heterocycles. The maximum atomic E-state index is 13.0. The van der Waals surface area contributed by atoms with Gasteiger partial charge in [0, 0.05) is 0 Å². The molecule has 0 radical (unpaired) electrons. The zero-order valence-corrected chi connectivity index (χ0v) is 7.06. The summed E-state index contributed by atoms with van der Waals surface area (Å²) in [5.41, 5.74) is 0.152. The molecule has 0 spiro atoms. The van der Waals surface area contributed by atoms with Crippen molar-refractivity contribution in [1.82, 2.24) is 0 Å². The van der Waals surface area contributed by atoms with E-state index in [4.69, 9.17) is 11.6 Å². The Labute approximate surface area is 73.9 Å². The van der Waals surface area contributed by atoms with E-state index in [0.717, 1.165) is 0 Å². The van der Waals surface area contributed by atoms with Gasteiger partial charge in [0.1, 0.15) is 0 Å². The van der Waals surface area contributed by atoms with E-state index >= 15 is 0 Å². The van der Waals surface area contributed by atoms with Gasteiger partial charge in [-0.2, -0.15) is 0 Å². The Morgan fingerprint density at radius 3 is 2.75 bits per heavy atom. The summed E-state index contributed by atoms with van der Waals surface area (Å²) in [6, 6.07) is 2.71. The van der Waals surface area contributed by atoms with Gasteiger partial charge >= 0.3 is 0 Å². The Morgan fingerprint density at radius 2 is 2.25 bits per heavy atom. The molecule has 0 unspecified atom stereocenters. The van der Waals surface area contributed by atoms with Crippen molar-refractivity contribution >= 4 is 17.9 Å². The van der Waals surface area contributed by atoms with Gasteiger partial charge in [0.25, 0.3) is 0 Å². The van der Waals surface area contributed by atoms with Crippen molar-refractivity contribution in [3.63, 3.8) is 0 Å². The lowest BCUT2D eigenvalue weighted by Crippen LogP contribution is -1.94. The number of halogens is 2. The molecule has 0 aromatic heterocycles. The summed E-state index contributed by atoms with van der Waals surface area (Å²) < 4.78 is 17.7. The van der Waals surface area contributed by atoms with Crippen molar-refractivity contribution < 1.29 is 13.9 Å². The number of methoxy groups -OCH3 is 1. The molecule has 0 aliphatic heterocycles. The third-order valence-corrected chi connectivity index (χ3v) is 1.70. The minimum Gasteiger partial charge on any atom is -0.493 e. The van der Waals surface area contributed by atoms with Crippen LogP contribution < -0.4 is 4.74 Å². The third-order valence-electron chi connectivity index (χ3n) is 1.41. The molecule has 12 heavy (non-hydrogen) atoms. The highest BCUT2D eigenvalue weighted by Gasteiger charge is 2.11. The van der Waals surface area contributed by atoms with Gasteiger partial charge in [0.2, 0.25) is 0 Å². The number of carbonyl (C=O) groups excluding carboxylic acids is 1. The van der Waals surface area contributed by atoms with Crippen LogP contribution in [0, 0.1) is 5.82 Å². The average molecular weight is 189 g/mol. The average Bonchev–Trinajstić information content (AvgIpc) is 2.09. The molecule has 0 amide bonds. The van der Waals surface area contributed by atoms with E-state index in [2.05, 4.69) is 4.74 Å². The van der Waals surface area contributed by atoms with Gasteiger partial charge in [-0.25, -0.2) is 4.39 Å². The topological polar surface area (TPSA) is 26.3 Å². The lowest BCUT2D eigenvalue weighted by Gasteiger charge is -2.04. The quantitative estimate of drug-likeness (QED) is 0.666. The zero-order chi connectivity index (χ0) is 9.14. The van der Waals surface area contributed by atoms with Crippen LogP contribution in [-0.2, 0) is 0 Å². The van der Waals surface area contributed by atoms with Crippen LogP contribution in [0.2, 0.25) is 5.02 Å². The first-order valence-corrected chi connectivity index (χ1v) is 3.55. The first kappa shape index (κ1) is 9.00. The van der Waals surface area contributed by atoms with E-state index in [-0.39, 0.29) is 16.3 Å². The Bertz CT molecular complexity index is 312. The Morgan fingerprint density at radius 1 is 1.58 bits per heavy atom. The molecule has 0 bridgehead atoms. The fourth-order valence-corrected chi connectivity index (χ4v) is 0.996. The fourth-order valence-electron chi connectivity index (χ4n) is 0.847. The number of ether oxygens (including phenoxy) is 1. The molecule has 0 aliphatic rings. The molecular formula is C8H6ClFO2. The van der Waals surface area contributed by atoms with Crippen molar-refractivity contribution in [2.75, 3.05) is 7.11 Å². The van der Waals surface area contributed by atoms with Gasteiger partial charge in [-0.1, -0.05) is 11.6 Å². The van der Waals surface area contributed by atoms with Crippen LogP contribution in [0.4, 0.5) is 4.39 Å². The van der Waals surface area contributed by atoms with E-state index in [1.54, 1.807) is 0 Å². The molecule has 1 aromatic rings. The molecule has 0 saturated carbocycles. The van der Waals surface area contributed by atoms with Crippen molar-refractivity contribution in [3.8, 4) is 5.75 Å². The summed E-state index contributed by atoms with van der Waals surface area (Å²) in [6.45, 7) is 0. The molecule has 1 rings (SSSR count). The van der Waals surface area contributed by atoms with Crippen LogP contribution in [-0.4, -0.2) is 13.4 Å². The van der Waals surface area contributed by atoms with Gasteiger partial charge in [-0.05, 0) is 12.1 Å². The van der Waals surface area contributed by atoms with Crippen LogP contribution in [0.3, 0.4) is 0 Å². The number of carbonyl (C=O) groups is 1. The summed E-state index contributed by atoms with van der Waals surface area (Å²) >= 11 is 5.45. The minimum atomic E-state index is -0.705. The van der Waals surface area contributed by atoms with E-state index < -0.39 is 5.82 Å². The molecule has 64 valence electrons. The highest BCUT2D eigenvalue weighted by atomic mass is 35.5. The van der Waals surface area contributed by atoms with Gasteiger partial charge in [-0.15, -0.1) is 0 Å². The maximum absolute atomic E-state index is 13.0. The molecule has 0 aliphatic carbocycles. The van der Waals surface area contributed by atoms with Crippen LogP contribution in [0.1, 0.15) is 10.4 Å². The molecule has 1 aromatic carbocycles. The SMILES string of the molecule is COc1c(C=O)ccc(Cl)c1F. The van der Waals surface area contributed by atoms with Crippen molar-refractivity contribution in [2.45, 2.75) is 0 Å².